The number of sulfonamides is 1. The van der Waals surface area contributed by atoms with Crippen LogP contribution in [0, 0.1) is 5.82 Å². The quantitative estimate of drug-likeness (QED) is 0.296. The van der Waals surface area contributed by atoms with Gasteiger partial charge in [0, 0.05) is 18.7 Å². The molecule has 44 heavy (non-hydrogen) atoms. The van der Waals surface area contributed by atoms with Gasteiger partial charge in [-0.1, -0.05) is 26.0 Å². The van der Waals surface area contributed by atoms with Crippen molar-refractivity contribution in [3.8, 4) is 17.2 Å². The van der Waals surface area contributed by atoms with Gasteiger partial charge in [-0.05, 0) is 73.9 Å². The van der Waals surface area contributed by atoms with Crippen molar-refractivity contribution in [2.75, 3.05) is 31.2 Å². The van der Waals surface area contributed by atoms with Gasteiger partial charge in [0.05, 0.1) is 17.7 Å². The van der Waals surface area contributed by atoms with Crippen LogP contribution in [0.4, 0.5) is 10.1 Å². The van der Waals surface area contributed by atoms with Gasteiger partial charge in [0.2, 0.25) is 11.8 Å². The molecule has 0 unspecified atom stereocenters. The molecule has 2 atom stereocenters. The number of anilines is 1. The Balaban J connectivity index is 1.73. The Morgan fingerprint density at radius 3 is 2.23 bits per heavy atom. The van der Waals surface area contributed by atoms with E-state index in [1.54, 1.807) is 38.3 Å². The standard InChI is InChI=1S/C32H38FN3O7S/c1-5-22(3)34-32(38)28(6-2)35(20-23-7-13-26(41-4)14-8-23)31(37)21-36(25-11-9-24(33)10-12-25)44(39,40)27-15-16-29-30(19-27)43-18-17-42-29/h7-16,19,22,28H,5-6,17-18,20-21H2,1-4H3,(H,34,38)/t22-,28+/m0/s1. The molecular weight excluding hydrogens is 589 g/mol. The topological polar surface area (TPSA) is 114 Å². The summed E-state index contributed by atoms with van der Waals surface area (Å²) in [6, 6.07) is 15.1. The number of amides is 2. The number of halogens is 1. The lowest BCUT2D eigenvalue weighted by atomic mass is 10.1. The van der Waals surface area contributed by atoms with Gasteiger partial charge >= 0.3 is 0 Å². The fourth-order valence-electron chi connectivity index (χ4n) is 4.74. The molecule has 0 aromatic heterocycles. The summed E-state index contributed by atoms with van der Waals surface area (Å²) in [5, 5.41) is 2.94. The molecule has 236 valence electrons. The van der Waals surface area contributed by atoms with E-state index in [1.807, 2.05) is 13.8 Å². The number of hydrogen-bond acceptors (Lipinski definition) is 7. The van der Waals surface area contributed by atoms with Gasteiger partial charge in [0.1, 0.15) is 37.4 Å². The number of ether oxygens (including phenoxy) is 3. The van der Waals surface area contributed by atoms with Crippen LogP contribution < -0.4 is 23.8 Å². The lowest BCUT2D eigenvalue weighted by Gasteiger charge is -2.34. The monoisotopic (exact) mass is 627 g/mol. The summed E-state index contributed by atoms with van der Waals surface area (Å²) in [5.41, 5.74) is 0.799. The number of rotatable bonds is 13. The van der Waals surface area contributed by atoms with E-state index in [9.17, 15) is 22.4 Å². The highest BCUT2D eigenvalue weighted by molar-refractivity contribution is 7.92. The lowest BCUT2D eigenvalue weighted by Crippen LogP contribution is -2.53. The summed E-state index contributed by atoms with van der Waals surface area (Å²) in [4.78, 5) is 28.8. The summed E-state index contributed by atoms with van der Waals surface area (Å²) < 4.78 is 59.4. The van der Waals surface area contributed by atoms with Crippen LogP contribution in [0.2, 0.25) is 0 Å². The minimum atomic E-state index is -4.38. The Hall–Kier alpha value is -4.32. The molecule has 1 aliphatic heterocycles. The second kappa shape index (κ2) is 14.4. The van der Waals surface area contributed by atoms with Crippen LogP contribution in [0.15, 0.2) is 71.6 Å². The highest BCUT2D eigenvalue weighted by atomic mass is 32.2. The van der Waals surface area contributed by atoms with Gasteiger partial charge in [-0.15, -0.1) is 0 Å². The van der Waals surface area contributed by atoms with Crippen molar-refractivity contribution in [3.63, 3.8) is 0 Å². The predicted molar refractivity (Wildman–Crippen MR) is 164 cm³/mol. The van der Waals surface area contributed by atoms with E-state index >= 15 is 0 Å². The maximum Gasteiger partial charge on any atom is 0.264 e. The number of fused-ring (bicyclic) bond motifs is 1. The van der Waals surface area contributed by atoms with Gasteiger partial charge in [0.25, 0.3) is 10.0 Å². The van der Waals surface area contributed by atoms with Crippen molar-refractivity contribution >= 4 is 27.5 Å². The molecule has 0 saturated carbocycles. The second-order valence-electron chi connectivity index (χ2n) is 10.4. The van der Waals surface area contributed by atoms with Gasteiger partial charge in [-0.3, -0.25) is 13.9 Å². The minimum absolute atomic E-state index is 0.0383. The molecule has 12 heteroatoms. The maximum atomic E-state index is 14.2. The van der Waals surface area contributed by atoms with E-state index in [2.05, 4.69) is 5.32 Å². The first-order valence-corrected chi connectivity index (χ1v) is 15.9. The van der Waals surface area contributed by atoms with Crippen molar-refractivity contribution in [2.45, 2.75) is 57.1 Å². The molecule has 4 rings (SSSR count). The van der Waals surface area contributed by atoms with E-state index in [-0.39, 0.29) is 47.9 Å². The van der Waals surface area contributed by atoms with Gasteiger partial charge in [-0.25, -0.2) is 12.8 Å². The summed E-state index contributed by atoms with van der Waals surface area (Å²) >= 11 is 0. The summed E-state index contributed by atoms with van der Waals surface area (Å²) in [5.74, 6) is -0.226. The molecule has 1 aliphatic rings. The zero-order chi connectivity index (χ0) is 31.9. The molecule has 0 radical (unpaired) electrons. The van der Waals surface area contributed by atoms with Gasteiger partial charge < -0.3 is 24.4 Å². The molecule has 2 amide bonds. The zero-order valence-corrected chi connectivity index (χ0v) is 26.1. The first-order valence-electron chi connectivity index (χ1n) is 14.5. The SMILES string of the molecule is CC[C@H](C(=O)N[C@@H](C)CC)N(Cc1ccc(OC)cc1)C(=O)CN(c1ccc(F)cc1)S(=O)(=O)c1ccc2c(c1)OCCO2. The fraction of sp³-hybridized carbons (Fsp3) is 0.375. The van der Waals surface area contributed by atoms with Crippen LogP contribution in [0.25, 0.3) is 0 Å². The highest BCUT2D eigenvalue weighted by Gasteiger charge is 2.34. The average Bonchev–Trinajstić information content (AvgIpc) is 3.03. The van der Waals surface area contributed by atoms with E-state index in [1.165, 1.54) is 35.2 Å². The number of carbonyl (C=O) groups excluding carboxylic acids is 2. The number of nitrogens with one attached hydrogen (secondary N) is 1. The van der Waals surface area contributed by atoms with E-state index in [0.29, 0.717) is 24.5 Å². The van der Waals surface area contributed by atoms with Crippen LogP contribution in [0.5, 0.6) is 17.2 Å². The average molecular weight is 628 g/mol. The molecule has 1 N–H and O–H groups in total. The van der Waals surface area contributed by atoms with Crippen LogP contribution in [-0.2, 0) is 26.2 Å². The number of carbonyl (C=O) groups is 2. The van der Waals surface area contributed by atoms with E-state index in [0.717, 1.165) is 22.0 Å². The third-order valence-electron chi connectivity index (χ3n) is 7.39. The molecule has 0 fully saturated rings. The largest absolute Gasteiger partial charge is 0.497 e. The summed E-state index contributed by atoms with van der Waals surface area (Å²) in [6.07, 6.45) is 0.982. The number of nitrogens with zero attached hydrogens (tertiary/aromatic N) is 2. The first-order chi connectivity index (χ1) is 21.1. The number of benzene rings is 3. The minimum Gasteiger partial charge on any atom is -0.497 e. The van der Waals surface area contributed by atoms with Crippen molar-refractivity contribution in [2.24, 2.45) is 0 Å². The summed E-state index contributed by atoms with van der Waals surface area (Å²) in [7, 11) is -2.83. The Morgan fingerprint density at radius 1 is 0.955 bits per heavy atom. The smallest absolute Gasteiger partial charge is 0.264 e. The normalized spacial score (nSPS) is 13.8. The van der Waals surface area contributed by atoms with Crippen molar-refractivity contribution in [1.82, 2.24) is 10.2 Å². The molecule has 10 nitrogen and oxygen atoms in total. The zero-order valence-electron chi connectivity index (χ0n) is 25.3. The second-order valence-corrected chi connectivity index (χ2v) is 12.3. The predicted octanol–water partition coefficient (Wildman–Crippen LogP) is 4.52. The Bertz CT molecular complexity index is 1550. The Morgan fingerprint density at radius 2 is 1.61 bits per heavy atom. The molecule has 0 saturated heterocycles. The van der Waals surface area contributed by atoms with Crippen LogP contribution in [0.1, 0.15) is 39.2 Å². The third kappa shape index (κ3) is 7.60. The lowest BCUT2D eigenvalue weighted by molar-refractivity contribution is -0.140. The molecule has 0 bridgehead atoms. The van der Waals surface area contributed by atoms with E-state index < -0.39 is 34.3 Å². The fourth-order valence-corrected chi connectivity index (χ4v) is 6.17. The number of methoxy groups -OCH3 is 1. The molecule has 3 aromatic rings. The number of hydrogen-bond donors (Lipinski definition) is 1. The van der Waals surface area contributed by atoms with Crippen molar-refractivity contribution in [3.05, 3.63) is 78.1 Å². The third-order valence-corrected chi connectivity index (χ3v) is 9.16. The molecule has 3 aromatic carbocycles. The maximum absolute atomic E-state index is 14.2. The van der Waals surface area contributed by atoms with E-state index in [4.69, 9.17) is 14.2 Å². The first kappa shape index (κ1) is 32.6. The summed E-state index contributed by atoms with van der Waals surface area (Å²) in [6.45, 7) is 5.59. The highest BCUT2D eigenvalue weighted by Crippen LogP contribution is 2.34. The van der Waals surface area contributed by atoms with Gasteiger partial charge in [-0.2, -0.15) is 0 Å². The Labute approximate surface area is 257 Å². The van der Waals surface area contributed by atoms with Crippen molar-refractivity contribution in [1.29, 1.82) is 0 Å². The molecule has 0 aliphatic carbocycles. The van der Waals surface area contributed by atoms with Gasteiger partial charge in [0.15, 0.2) is 11.5 Å². The van der Waals surface area contributed by atoms with Crippen LogP contribution >= 0.6 is 0 Å². The molecule has 1 heterocycles. The van der Waals surface area contributed by atoms with Crippen molar-refractivity contribution < 1.29 is 36.6 Å². The molecule has 0 spiro atoms. The van der Waals surface area contributed by atoms with Crippen LogP contribution in [-0.4, -0.2) is 64.1 Å². The Kier molecular flexibility index (Phi) is 10.7. The van der Waals surface area contributed by atoms with Crippen LogP contribution in [0.3, 0.4) is 0 Å². The molecular formula is C32H38FN3O7S.